The Morgan fingerprint density at radius 1 is 0.477 bits per heavy atom. The maximum atomic E-state index is 14.5. The highest BCUT2D eigenvalue weighted by Crippen LogP contribution is 2.70. The number of carbonyl (C=O) groups is 1. The van der Waals surface area contributed by atoms with Crippen molar-refractivity contribution >= 4 is 17.7 Å². The summed E-state index contributed by atoms with van der Waals surface area (Å²) in [6.45, 7) is 0.970. The van der Waals surface area contributed by atoms with Crippen LogP contribution < -0.4 is 5.32 Å². The number of amides is 1. The molecule has 1 unspecified atom stereocenters. The molecule has 37 heteroatoms. The van der Waals surface area contributed by atoms with Gasteiger partial charge in [0.25, 0.3) is 5.91 Å². The molecule has 0 radical (unpaired) electrons. The van der Waals surface area contributed by atoms with Crippen molar-refractivity contribution in [3.8, 4) is 0 Å². The number of hydrogen-bond donors (Lipinski definition) is 1. The summed E-state index contributed by atoms with van der Waals surface area (Å²) in [5.74, 6) is -146. The zero-order valence-electron chi connectivity index (χ0n) is 29.8. The van der Waals surface area contributed by atoms with Crippen LogP contribution in [0.15, 0.2) is 23.2 Å². The topological polar surface area (TPSA) is 58.5 Å². The first-order valence-corrected chi connectivity index (χ1v) is 15.2. The van der Waals surface area contributed by atoms with Gasteiger partial charge in [-0.1, -0.05) is 12.1 Å². The maximum Gasteiger partial charge on any atom is 0.460 e. The lowest BCUT2D eigenvalue weighted by Crippen LogP contribution is -2.80. The van der Waals surface area contributed by atoms with E-state index in [-0.39, 0.29) is 12.5 Å². The SMILES string of the molecule is Cc1cccc(N=C=O)c1C(=O)NC(C)CC(F)(F)C(F)(F)C(F)(F)C(F)(F)C(F)(F)C(F)(F)C(F)(F)C(F)(F)C(F)(F)C(F)(F)C(F)(F)C(F)(F)C(F)(F)C(F)(F)C(F)(F)C(F)(F)F. The predicted octanol–water partition coefficient (Wildman–Crippen LogP) is 12.6. The van der Waals surface area contributed by atoms with E-state index in [2.05, 4.69) is 4.99 Å². The highest BCUT2D eigenvalue weighted by molar-refractivity contribution is 6.00. The summed E-state index contributed by atoms with van der Waals surface area (Å²) in [5, 5.41) is 1.20. The molecular weight excluding hydrogens is 1020 g/mol. The van der Waals surface area contributed by atoms with E-state index in [1.54, 1.807) is 0 Å². The normalized spacial score (nSPS) is 16.3. The Morgan fingerprint density at radius 3 is 1.00 bits per heavy atom. The van der Waals surface area contributed by atoms with E-state index in [1.807, 2.05) is 0 Å². The van der Waals surface area contributed by atoms with Crippen molar-refractivity contribution in [1.29, 1.82) is 0 Å². The molecule has 0 aromatic heterocycles. The van der Waals surface area contributed by atoms with Crippen LogP contribution in [0.2, 0.25) is 0 Å². The summed E-state index contributed by atoms with van der Waals surface area (Å²) in [4.78, 5) is 25.9. The first-order chi connectivity index (χ1) is 28.0. The Balaban J connectivity index is 3.90. The second-order valence-electron chi connectivity index (χ2n) is 13.0. The summed E-state index contributed by atoms with van der Waals surface area (Å²) in [6.07, 6.45) is -10.9. The third kappa shape index (κ3) is 7.71. The number of hydrogen-bond acceptors (Lipinski definition) is 3. The molecule has 4 nitrogen and oxygen atoms in total. The van der Waals surface area contributed by atoms with Gasteiger partial charge in [0, 0.05) is 12.5 Å². The fraction of sp³-hybridized carbons (Fsp3) is 0.714. The van der Waals surface area contributed by atoms with Crippen LogP contribution in [0.5, 0.6) is 0 Å². The molecule has 0 saturated heterocycles. The van der Waals surface area contributed by atoms with Crippen molar-refractivity contribution in [3.63, 3.8) is 0 Å². The zero-order valence-corrected chi connectivity index (χ0v) is 29.8. The number of halogens is 33. The smallest absolute Gasteiger partial charge is 0.349 e. The lowest BCUT2D eigenvalue weighted by Gasteiger charge is -2.47. The third-order valence-electron chi connectivity index (χ3n) is 8.53. The van der Waals surface area contributed by atoms with Gasteiger partial charge in [0.1, 0.15) is 0 Å². The molecule has 0 aliphatic heterocycles. The van der Waals surface area contributed by atoms with Crippen molar-refractivity contribution in [1.82, 2.24) is 5.32 Å². The number of nitrogens with one attached hydrogen (secondary N) is 1. The molecule has 1 aromatic carbocycles. The molecule has 1 N–H and O–H groups in total. The molecule has 0 saturated carbocycles. The maximum absolute atomic E-state index is 14.5. The van der Waals surface area contributed by atoms with Gasteiger partial charge in [-0.05, 0) is 25.5 Å². The average Bonchev–Trinajstić information content (AvgIpc) is 3.09. The summed E-state index contributed by atoms with van der Waals surface area (Å²) in [6, 6.07) is -0.195. The molecule has 0 spiro atoms. The second kappa shape index (κ2) is 15.9. The number of aryl methyl sites for hydroxylation is 1. The van der Waals surface area contributed by atoms with Gasteiger partial charge in [-0.3, -0.25) is 4.79 Å². The first kappa shape index (κ1) is 58.8. The van der Waals surface area contributed by atoms with E-state index >= 15 is 0 Å². The molecule has 0 aliphatic rings. The highest BCUT2D eigenvalue weighted by atomic mass is 19.4. The number of isocyanates is 1. The van der Waals surface area contributed by atoms with Gasteiger partial charge in [0.2, 0.25) is 6.08 Å². The van der Waals surface area contributed by atoms with Gasteiger partial charge in [-0.15, -0.1) is 0 Å². The molecule has 378 valence electrons. The van der Waals surface area contributed by atoms with Crippen molar-refractivity contribution in [2.45, 2.75) is 121 Å². The standard InChI is InChI=1S/C28H13F33N2O2/c1-8-4-3-5-10(62-7-64)11(8)12(65)63-9(2)6-13(29,30)14(31,32)15(33,34)16(35,36)17(37,38)18(39,40)19(41,42)20(43,44)21(45,46)22(47,48)23(49,50)24(51,52)25(53,54)26(55,56)27(57,58)28(59,60)61/h3-5,9H,6H2,1-2H3,(H,63,65). The number of aliphatic imine (C=N–C) groups is 1. The summed E-state index contributed by atoms with van der Waals surface area (Å²) in [5.41, 5.74) is -1.95. The van der Waals surface area contributed by atoms with Gasteiger partial charge < -0.3 is 5.32 Å². The quantitative estimate of drug-likeness (QED) is 0.0853. The molecule has 1 atom stereocenters. The molecule has 0 bridgehead atoms. The minimum Gasteiger partial charge on any atom is -0.349 e. The fourth-order valence-electron chi connectivity index (χ4n) is 4.72. The number of alkyl halides is 33. The van der Waals surface area contributed by atoms with Crippen molar-refractivity contribution < 1.29 is 154 Å². The molecular formula is C28H13F33N2O2. The van der Waals surface area contributed by atoms with E-state index in [0.29, 0.717) is 0 Å². The van der Waals surface area contributed by atoms with E-state index in [1.165, 1.54) is 5.32 Å². The van der Waals surface area contributed by atoms with Crippen LogP contribution in [-0.2, 0) is 4.79 Å². The van der Waals surface area contributed by atoms with Crippen LogP contribution in [0, 0.1) is 6.92 Å². The van der Waals surface area contributed by atoms with Crippen molar-refractivity contribution in [2.75, 3.05) is 0 Å². The molecule has 0 aliphatic carbocycles. The van der Waals surface area contributed by atoms with Gasteiger partial charge >= 0.3 is 95.0 Å². The van der Waals surface area contributed by atoms with Crippen LogP contribution in [0.1, 0.15) is 29.3 Å². The monoisotopic (exact) mass is 1040 g/mol. The fourth-order valence-corrected chi connectivity index (χ4v) is 4.72. The van der Waals surface area contributed by atoms with E-state index < -0.39 is 125 Å². The molecule has 1 aromatic rings. The van der Waals surface area contributed by atoms with Crippen molar-refractivity contribution in [2.24, 2.45) is 4.99 Å². The Hall–Kier alpha value is -4.24. The lowest BCUT2D eigenvalue weighted by molar-refractivity contribution is -0.491. The predicted molar refractivity (Wildman–Crippen MR) is 141 cm³/mol. The number of benzene rings is 1. The molecule has 1 rings (SSSR count). The Kier molecular flexibility index (Phi) is 14.4. The third-order valence-corrected chi connectivity index (χ3v) is 8.53. The summed E-state index contributed by atoms with van der Waals surface area (Å²) >= 11 is 0. The van der Waals surface area contributed by atoms with Crippen LogP contribution in [0.25, 0.3) is 0 Å². The van der Waals surface area contributed by atoms with Crippen LogP contribution in [0.3, 0.4) is 0 Å². The highest BCUT2D eigenvalue weighted by Gasteiger charge is 3.01. The molecule has 0 heterocycles. The molecule has 0 fully saturated rings. The lowest BCUT2D eigenvalue weighted by atomic mass is 9.82. The minimum atomic E-state index is -10.3. The van der Waals surface area contributed by atoms with Crippen LogP contribution >= 0.6 is 0 Å². The van der Waals surface area contributed by atoms with E-state index in [9.17, 15) is 154 Å². The average molecular weight is 1040 g/mol. The number of carbonyl (C=O) groups excluding carboxylic acids is 2. The summed E-state index contributed by atoms with van der Waals surface area (Å²) < 4.78 is 456. The zero-order chi connectivity index (χ0) is 52.8. The van der Waals surface area contributed by atoms with E-state index in [0.717, 1.165) is 31.2 Å². The van der Waals surface area contributed by atoms with Crippen molar-refractivity contribution in [3.05, 3.63) is 29.3 Å². The van der Waals surface area contributed by atoms with Crippen LogP contribution in [-0.4, -0.2) is 113 Å². The van der Waals surface area contributed by atoms with Gasteiger partial charge in [-0.25, -0.2) is 4.79 Å². The molecule has 65 heavy (non-hydrogen) atoms. The van der Waals surface area contributed by atoms with Gasteiger partial charge in [-0.2, -0.15) is 150 Å². The largest absolute Gasteiger partial charge is 0.460 e. The van der Waals surface area contributed by atoms with Gasteiger partial charge in [0.15, 0.2) is 0 Å². The minimum absolute atomic E-state index is 0.0182. The Labute approximate surface area is 334 Å². The molecule has 1 amide bonds. The number of rotatable bonds is 19. The number of nitrogens with zero attached hydrogens (tertiary/aromatic N) is 1. The van der Waals surface area contributed by atoms with Crippen LogP contribution in [0.4, 0.5) is 151 Å². The first-order valence-electron chi connectivity index (χ1n) is 15.2. The summed E-state index contributed by atoms with van der Waals surface area (Å²) in [7, 11) is 0. The van der Waals surface area contributed by atoms with Gasteiger partial charge in [0.05, 0.1) is 11.3 Å². The Bertz CT molecular complexity index is 1980. The van der Waals surface area contributed by atoms with E-state index in [4.69, 9.17) is 0 Å². The second-order valence-corrected chi connectivity index (χ2v) is 13.0. The Morgan fingerprint density at radius 2 is 0.738 bits per heavy atom.